The molecule has 64 heavy (non-hydrogen) atoms. The third-order valence-corrected chi connectivity index (χ3v) is 12.1. The van der Waals surface area contributed by atoms with E-state index in [1.165, 1.54) is 26.2 Å². The van der Waals surface area contributed by atoms with Crippen molar-refractivity contribution >= 4 is 64.5 Å². The van der Waals surface area contributed by atoms with Crippen LogP contribution in [0.25, 0.3) is 0 Å². The number of carbonyl (C=O) groups is 7. The van der Waals surface area contributed by atoms with Gasteiger partial charge in [-0.15, -0.1) is 0 Å². The summed E-state index contributed by atoms with van der Waals surface area (Å²) in [6.45, 7) is 7.65. The quantitative estimate of drug-likeness (QED) is 0.0588. The number of unbranched alkanes of at least 4 members (excludes halogenated alkanes) is 5. The van der Waals surface area contributed by atoms with Crippen LogP contribution in [0, 0.1) is 0 Å². The molecule has 1 aromatic carbocycles. The minimum Gasteiger partial charge on any atom is -0.495 e. The summed E-state index contributed by atoms with van der Waals surface area (Å²) in [6, 6.07) is 4.03. The molecule has 2 fully saturated rings. The number of hydrogen-bond donors (Lipinski definition) is 4. The fourth-order valence-corrected chi connectivity index (χ4v) is 8.66. The van der Waals surface area contributed by atoms with Crippen molar-refractivity contribution < 1.29 is 43.0 Å². The molecule has 4 aliphatic rings. The van der Waals surface area contributed by atoms with E-state index in [9.17, 15) is 33.6 Å². The predicted octanol–water partition coefficient (Wildman–Crippen LogP) is 4.50. The van der Waals surface area contributed by atoms with Gasteiger partial charge in [0.15, 0.2) is 12.4 Å². The van der Waals surface area contributed by atoms with Crippen molar-refractivity contribution in [2.75, 3.05) is 49.0 Å². The lowest BCUT2D eigenvalue weighted by molar-refractivity contribution is -0.150. The van der Waals surface area contributed by atoms with E-state index in [2.05, 4.69) is 37.7 Å². The van der Waals surface area contributed by atoms with Crippen LogP contribution in [0.2, 0.25) is 0 Å². The normalized spacial score (nSPS) is 19.2. The monoisotopic (exact) mass is 881 g/mol. The van der Waals surface area contributed by atoms with E-state index in [0.717, 1.165) is 74.9 Å². The van der Waals surface area contributed by atoms with Crippen molar-refractivity contribution in [3.05, 3.63) is 65.6 Å². The third-order valence-electron chi connectivity index (χ3n) is 12.1. The molecule has 4 heterocycles. The number of fused-ring (bicyclic) bond motifs is 1. The highest BCUT2D eigenvalue weighted by Gasteiger charge is 2.46. The number of nitrogens with zero attached hydrogens (tertiary/aromatic N) is 5. The summed E-state index contributed by atoms with van der Waals surface area (Å²) in [4.78, 5) is 103. The molecule has 7 amide bonds. The van der Waals surface area contributed by atoms with E-state index in [-0.39, 0.29) is 53.6 Å². The van der Waals surface area contributed by atoms with Crippen LogP contribution in [-0.2, 0) is 33.5 Å². The number of methoxy groups -OCH3 is 1. The SMILES string of the molecule is C=C/C=C(/OCC(=O)NCCCCCCCCNC(=O)c1ccc(Nc2ncc3c(n2)N(C2CCCC2)C(CC)C(=O)N3C)c(OC)c1)C1=C(C)C(=O)N(C2CCC(=O)NC2=O)C1=O. The molecular weight excluding hydrogens is 823 g/mol. The van der Waals surface area contributed by atoms with Crippen LogP contribution in [0.3, 0.4) is 0 Å². The Morgan fingerprint density at radius 1 is 0.969 bits per heavy atom. The number of imide groups is 2. The zero-order valence-electron chi connectivity index (χ0n) is 37.1. The van der Waals surface area contributed by atoms with Crippen LogP contribution in [0.5, 0.6) is 5.75 Å². The van der Waals surface area contributed by atoms with E-state index in [1.807, 2.05) is 6.92 Å². The van der Waals surface area contributed by atoms with Crippen LogP contribution in [0.4, 0.5) is 23.1 Å². The Balaban J connectivity index is 0.879. The Morgan fingerprint density at radius 3 is 2.34 bits per heavy atom. The van der Waals surface area contributed by atoms with Gasteiger partial charge in [-0.3, -0.25) is 43.8 Å². The summed E-state index contributed by atoms with van der Waals surface area (Å²) >= 11 is 0. The second kappa shape index (κ2) is 21.7. The number of carbonyl (C=O) groups excluding carboxylic acids is 7. The number of hydrogen-bond acceptors (Lipinski definition) is 13. The molecule has 0 bridgehead atoms. The van der Waals surface area contributed by atoms with Crippen LogP contribution in [-0.4, -0.2) is 108 Å². The van der Waals surface area contributed by atoms with Crippen LogP contribution < -0.4 is 35.8 Å². The minimum atomic E-state index is -1.12. The highest BCUT2D eigenvalue weighted by atomic mass is 16.5. The number of allylic oxidation sites excluding steroid dienone is 2. The molecule has 2 aromatic rings. The topological polar surface area (TPSA) is 222 Å². The van der Waals surface area contributed by atoms with Gasteiger partial charge in [0, 0.05) is 43.7 Å². The fourth-order valence-electron chi connectivity index (χ4n) is 8.66. The Hall–Kier alpha value is -6.59. The van der Waals surface area contributed by atoms with Crippen LogP contribution >= 0.6 is 0 Å². The first kappa shape index (κ1) is 46.9. The molecule has 342 valence electrons. The number of likely N-dealkylation sites (N-methyl/N-ethyl adjacent to an activating group) is 1. The van der Waals surface area contributed by atoms with Crippen LogP contribution in [0.15, 0.2) is 60.0 Å². The van der Waals surface area contributed by atoms with Gasteiger partial charge < -0.3 is 35.2 Å². The smallest absolute Gasteiger partial charge is 0.265 e. The summed E-state index contributed by atoms with van der Waals surface area (Å²) in [5, 5.41) is 11.2. The number of anilines is 4. The average molecular weight is 882 g/mol. The number of rotatable bonds is 21. The molecule has 0 radical (unpaired) electrons. The molecule has 18 nitrogen and oxygen atoms in total. The van der Waals surface area contributed by atoms with Gasteiger partial charge >= 0.3 is 0 Å². The van der Waals surface area contributed by atoms with Gasteiger partial charge in [-0.1, -0.05) is 58.1 Å². The van der Waals surface area contributed by atoms with Gasteiger partial charge in [0.25, 0.3) is 23.6 Å². The second-order valence-corrected chi connectivity index (χ2v) is 16.3. The summed E-state index contributed by atoms with van der Waals surface area (Å²) < 4.78 is 11.3. The summed E-state index contributed by atoms with van der Waals surface area (Å²) in [5.41, 5.74) is 1.75. The Bertz CT molecular complexity index is 2220. The molecule has 1 saturated carbocycles. The lowest BCUT2D eigenvalue weighted by Crippen LogP contribution is -2.55. The lowest BCUT2D eigenvalue weighted by atomic mass is 10.0. The van der Waals surface area contributed by atoms with E-state index in [1.54, 1.807) is 36.3 Å². The zero-order chi connectivity index (χ0) is 45.9. The number of benzene rings is 1. The van der Waals surface area contributed by atoms with Crippen molar-refractivity contribution in [2.24, 2.45) is 0 Å². The summed E-state index contributed by atoms with van der Waals surface area (Å²) in [6.07, 6.45) is 14.7. The molecule has 1 aromatic heterocycles. The van der Waals surface area contributed by atoms with Crippen molar-refractivity contribution in [3.63, 3.8) is 0 Å². The largest absolute Gasteiger partial charge is 0.495 e. The Kier molecular flexibility index (Phi) is 15.9. The number of amides is 7. The molecule has 18 heteroatoms. The molecular formula is C46H59N9O9. The third kappa shape index (κ3) is 10.6. The van der Waals surface area contributed by atoms with E-state index < -0.39 is 42.2 Å². The average Bonchev–Trinajstić information content (AvgIpc) is 3.89. The molecule has 0 spiro atoms. The van der Waals surface area contributed by atoms with Crippen molar-refractivity contribution in [1.29, 1.82) is 0 Å². The number of ether oxygens (including phenoxy) is 2. The summed E-state index contributed by atoms with van der Waals surface area (Å²) in [7, 11) is 3.31. The predicted molar refractivity (Wildman–Crippen MR) is 239 cm³/mol. The maximum absolute atomic E-state index is 13.3. The van der Waals surface area contributed by atoms with Gasteiger partial charge in [0.1, 0.15) is 29.3 Å². The van der Waals surface area contributed by atoms with Crippen molar-refractivity contribution in [3.8, 4) is 5.75 Å². The number of piperidine rings is 1. The molecule has 1 saturated heterocycles. The number of nitrogens with one attached hydrogen (secondary N) is 4. The van der Waals surface area contributed by atoms with Crippen molar-refractivity contribution in [1.82, 2.24) is 30.8 Å². The van der Waals surface area contributed by atoms with Gasteiger partial charge in [-0.2, -0.15) is 4.98 Å². The van der Waals surface area contributed by atoms with Gasteiger partial charge in [-0.05, 0) is 69.7 Å². The first-order valence-corrected chi connectivity index (χ1v) is 22.2. The first-order chi connectivity index (χ1) is 30.9. The Morgan fingerprint density at radius 2 is 1.67 bits per heavy atom. The molecule has 2 atom stereocenters. The lowest BCUT2D eigenvalue weighted by Gasteiger charge is -2.43. The van der Waals surface area contributed by atoms with Gasteiger partial charge in [-0.25, -0.2) is 4.98 Å². The van der Waals surface area contributed by atoms with E-state index >= 15 is 0 Å². The zero-order valence-corrected chi connectivity index (χ0v) is 37.1. The summed E-state index contributed by atoms with van der Waals surface area (Å²) in [5.74, 6) is -1.59. The first-order valence-electron chi connectivity index (χ1n) is 22.2. The van der Waals surface area contributed by atoms with E-state index in [4.69, 9.17) is 14.5 Å². The fraction of sp³-hybridized carbons (Fsp3) is 0.500. The molecule has 3 aliphatic heterocycles. The standard InChI is InChI=1S/C46H59N9O9/c1-6-16-35(39-28(3)43(60)55(45(39)62)33-21-22-37(56)51-42(33)59)64-27-38(57)47-23-14-10-8-9-11-15-24-48-41(58)29-19-20-31(36(25-29)63-5)50-46-49-26-34-40(52-46)54(30-17-12-13-18-30)32(7-2)44(61)53(34)4/h6,16,19-20,25-26,30,32-33H,1,7-15,17-18,21-24,27H2,2-5H3,(H,47,57)(H,48,58)(H,49,50,52)(H,51,56,59)/b35-16+. The second-order valence-electron chi connectivity index (χ2n) is 16.3. The maximum Gasteiger partial charge on any atom is 0.265 e. The number of aromatic nitrogens is 2. The van der Waals surface area contributed by atoms with Crippen LogP contribution in [0.1, 0.15) is 108 Å². The minimum absolute atomic E-state index is 0.000346. The molecule has 6 rings (SSSR count). The van der Waals surface area contributed by atoms with Crippen molar-refractivity contribution in [2.45, 2.75) is 115 Å². The molecule has 4 N–H and O–H groups in total. The highest BCUT2D eigenvalue weighted by Crippen LogP contribution is 2.40. The van der Waals surface area contributed by atoms with Gasteiger partial charge in [0.2, 0.25) is 23.7 Å². The highest BCUT2D eigenvalue weighted by molar-refractivity contribution is 6.23. The molecule has 1 aliphatic carbocycles. The Labute approximate surface area is 373 Å². The molecule has 2 unspecified atom stereocenters. The van der Waals surface area contributed by atoms with E-state index in [0.29, 0.717) is 48.1 Å². The maximum atomic E-state index is 13.3. The van der Waals surface area contributed by atoms with Gasteiger partial charge in [0.05, 0.1) is 24.6 Å².